The van der Waals surface area contributed by atoms with Gasteiger partial charge in [0.05, 0.1) is 12.7 Å². The highest BCUT2D eigenvalue weighted by atomic mass is 16.5. The maximum atomic E-state index is 6.57. The minimum atomic E-state index is 0.0722. The van der Waals surface area contributed by atoms with Crippen LogP contribution in [-0.2, 0) is 4.74 Å². The van der Waals surface area contributed by atoms with Gasteiger partial charge < -0.3 is 10.5 Å². The van der Waals surface area contributed by atoms with Crippen LogP contribution in [0.25, 0.3) is 0 Å². The molecule has 1 saturated heterocycles. The van der Waals surface area contributed by atoms with E-state index in [1.54, 1.807) is 0 Å². The molecule has 2 N–H and O–H groups in total. The third-order valence-corrected chi connectivity index (χ3v) is 4.42. The van der Waals surface area contributed by atoms with E-state index in [0.29, 0.717) is 12.1 Å². The van der Waals surface area contributed by atoms with Crippen LogP contribution in [0.5, 0.6) is 0 Å². The molecule has 0 radical (unpaired) electrons. The summed E-state index contributed by atoms with van der Waals surface area (Å²) in [7, 11) is 0. The summed E-state index contributed by atoms with van der Waals surface area (Å²) >= 11 is 0. The monoisotopic (exact) mass is 240 g/mol. The van der Waals surface area contributed by atoms with Crippen LogP contribution >= 0.6 is 0 Å². The van der Waals surface area contributed by atoms with E-state index < -0.39 is 0 Å². The second-order valence-corrected chi connectivity index (χ2v) is 6.06. The molecule has 2 aliphatic rings. The van der Waals surface area contributed by atoms with E-state index in [9.17, 15) is 0 Å². The summed E-state index contributed by atoms with van der Waals surface area (Å²) in [6.07, 6.45) is 7.94. The van der Waals surface area contributed by atoms with Crippen LogP contribution in [0.15, 0.2) is 0 Å². The molecule has 3 heteroatoms. The van der Waals surface area contributed by atoms with Gasteiger partial charge in [0.1, 0.15) is 0 Å². The summed E-state index contributed by atoms with van der Waals surface area (Å²) < 4.78 is 5.75. The Morgan fingerprint density at radius 1 is 1.29 bits per heavy atom. The van der Waals surface area contributed by atoms with Crippen molar-refractivity contribution in [1.29, 1.82) is 0 Å². The molecule has 17 heavy (non-hydrogen) atoms. The zero-order chi connectivity index (χ0) is 12.3. The molecule has 0 amide bonds. The van der Waals surface area contributed by atoms with Gasteiger partial charge in [0.2, 0.25) is 0 Å². The molecule has 1 aliphatic carbocycles. The molecule has 2 atom stereocenters. The quantitative estimate of drug-likeness (QED) is 0.821. The maximum absolute atomic E-state index is 6.57. The van der Waals surface area contributed by atoms with Crippen LogP contribution in [-0.4, -0.2) is 42.3 Å². The molecule has 0 aromatic carbocycles. The zero-order valence-corrected chi connectivity index (χ0v) is 11.5. The van der Waals surface area contributed by atoms with Crippen LogP contribution in [0.4, 0.5) is 0 Å². The first-order valence-corrected chi connectivity index (χ1v) is 7.27. The number of nitrogens with two attached hydrogens (primary N) is 1. The second-order valence-electron chi connectivity index (χ2n) is 6.06. The Hall–Kier alpha value is -0.120. The fourth-order valence-electron chi connectivity index (χ4n) is 3.30. The van der Waals surface area contributed by atoms with Crippen molar-refractivity contribution in [2.45, 2.75) is 70.1 Å². The number of morpholine rings is 1. The van der Waals surface area contributed by atoms with Gasteiger partial charge in [0.15, 0.2) is 0 Å². The summed E-state index contributed by atoms with van der Waals surface area (Å²) in [6, 6.07) is 0.577. The first kappa shape index (κ1) is 13.3. The van der Waals surface area contributed by atoms with Gasteiger partial charge >= 0.3 is 0 Å². The van der Waals surface area contributed by atoms with E-state index in [-0.39, 0.29) is 5.54 Å². The van der Waals surface area contributed by atoms with Crippen molar-refractivity contribution in [2.75, 3.05) is 19.7 Å². The lowest BCUT2D eigenvalue weighted by Gasteiger charge is -2.44. The van der Waals surface area contributed by atoms with Crippen molar-refractivity contribution in [1.82, 2.24) is 4.90 Å². The van der Waals surface area contributed by atoms with Gasteiger partial charge in [-0.2, -0.15) is 0 Å². The summed E-state index contributed by atoms with van der Waals surface area (Å²) in [5, 5.41) is 0. The van der Waals surface area contributed by atoms with Crippen LogP contribution in [0.1, 0.15) is 52.4 Å². The molecule has 2 rings (SSSR count). The first-order valence-electron chi connectivity index (χ1n) is 7.27. The first-order chi connectivity index (χ1) is 8.13. The normalized spacial score (nSPS) is 34.8. The van der Waals surface area contributed by atoms with Crippen LogP contribution in [0.3, 0.4) is 0 Å². The molecule has 0 aromatic heterocycles. The number of nitrogens with zero attached hydrogens (tertiary/aromatic N) is 1. The van der Waals surface area contributed by atoms with Gasteiger partial charge in [-0.1, -0.05) is 26.2 Å². The van der Waals surface area contributed by atoms with Crippen LogP contribution in [0.2, 0.25) is 0 Å². The number of hydrogen-bond acceptors (Lipinski definition) is 3. The Morgan fingerprint density at radius 3 is 2.65 bits per heavy atom. The maximum Gasteiger partial charge on any atom is 0.0674 e. The molecule has 2 unspecified atom stereocenters. The molecule has 2 fully saturated rings. The fourth-order valence-corrected chi connectivity index (χ4v) is 3.30. The van der Waals surface area contributed by atoms with E-state index in [4.69, 9.17) is 10.5 Å². The Morgan fingerprint density at radius 2 is 2.00 bits per heavy atom. The van der Waals surface area contributed by atoms with E-state index in [1.165, 1.54) is 38.5 Å². The van der Waals surface area contributed by atoms with E-state index in [1.807, 2.05) is 0 Å². The number of ether oxygens (including phenoxy) is 1. The van der Waals surface area contributed by atoms with Crippen molar-refractivity contribution < 1.29 is 4.74 Å². The van der Waals surface area contributed by atoms with E-state index >= 15 is 0 Å². The minimum absolute atomic E-state index is 0.0722. The van der Waals surface area contributed by atoms with E-state index in [0.717, 1.165) is 19.7 Å². The molecule has 1 aliphatic heterocycles. The Labute approximate surface area is 106 Å². The highest BCUT2D eigenvalue weighted by molar-refractivity contribution is 4.93. The molecule has 0 spiro atoms. The van der Waals surface area contributed by atoms with Crippen LogP contribution in [0, 0.1) is 0 Å². The predicted octanol–water partition coefficient (Wildman–Crippen LogP) is 2.15. The lowest BCUT2D eigenvalue weighted by atomic mass is 9.81. The van der Waals surface area contributed by atoms with Crippen LogP contribution < -0.4 is 5.73 Å². The largest absolute Gasteiger partial charge is 0.376 e. The summed E-state index contributed by atoms with van der Waals surface area (Å²) in [5.74, 6) is 0. The van der Waals surface area contributed by atoms with Gasteiger partial charge in [0.25, 0.3) is 0 Å². The molecule has 0 aromatic rings. The highest BCUT2D eigenvalue weighted by Crippen LogP contribution is 2.28. The topological polar surface area (TPSA) is 38.5 Å². The van der Waals surface area contributed by atoms with Crippen molar-refractivity contribution >= 4 is 0 Å². The van der Waals surface area contributed by atoms with Gasteiger partial charge in [-0.15, -0.1) is 0 Å². The third kappa shape index (κ3) is 3.43. The molecule has 0 bridgehead atoms. The molecule has 1 saturated carbocycles. The second kappa shape index (κ2) is 5.68. The molecular weight excluding hydrogens is 212 g/mol. The highest BCUT2D eigenvalue weighted by Gasteiger charge is 2.34. The molecule has 100 valence electrons. The fraction of sp³-hybridized carbons (Fsp3) is 1.00. The Bertz CT molecular complexity index is 238. The Balaban J connectivity index is 1.94. The lowest BCUT2D eigenvalue weighted by molar-refractivity contribution is -0.0643. The molecular formula is C14H28N2O. The van der Waals surface area contributed by atoms with Gasteiger partial charge in [-0.25, -0.2) is 0 Å². The van der Waals surface area contributed by atoms with Crippen molar-refractivity contribution in [3.05, 3.63) is 0 Å². The summed E-state index contributed by atoms with van der Waals surface area (Å²) in [4.78, 5) is 2.58. The van der Waals surface area contributed by atoms with Gasteiger partial charge in [-0.05, 0) is 26.2 Å². The minimum Gasteiger partial charge on any atom is -0.376 e. The third-order valence-electron chi connectivity index (χ3n) is 4.42. The van der Waals surface area contributed by atoms with Crippen molar-refractivity contribution in [2.24, 2.45) is 5.73 Å². The Kier molecular flexibility index (Phi) is 4.45. The smallest absolute Gasteiger partial charge is 0.0674 e. The number of rotatable bonds is 3. The summed E-state index contributed by atoms with van der Waals surface area (Å²) in [6.45, 7) is 7.43. The molecule has 3 nitrogen and oxygen atoms in total. The number of hydrogen-bond donors (Lipinski definition) is 1. The summed E-state index contributed by atoms with van der Waals surface area (Å²) in [5.41, 5.74) is 6.64. The van der Waals surface area contributed by atoms with Crippen molar-refractivity contribution in [3.63, 3.8) is 0 Å². The average Bonchev–Trinajstić information content (AvgIpc) is 2.29. The lowest BCUT2D eigenvalue weighted by Crippen LogP contribution is -2.58. The van der Waals surface area contributed by atoms with Gasteiger partial charge in [0, 0.05) is 24.7 Å². The SMILES string of the molecule is CCC1COC(C)CN1CC1(N)CCCCC1. The van der Waals surface area contributed by atoms with Gasteiger partial charge in [-0.3, -0.25) is 4.90 Å². The molecule has 1 heterocycles. The zero-order valence-electron chi connectivity index (χ0n) is 11.5. The standard InChI is InChI=1S/C14H28N2O/c1-3-13-10-17-12(2)9-16(13)11-14(15)7-5-4-6-8-14/h12-13H,3-11,15H2,1-2H3. The average molecular weight is 240 g/mol. The van der Waals surface area contributed by atoms with Crippen molar-refractivity contribution in [3.8, 4) is 0 Å². The predicted molar refractivity (Wildman–Crippen MR) is 71.1 cm³/mol. The van der Waals surface area contributed by atoms with E-state index in [2.05, 4.69) is 18.7 Å².